The van der Waals surface area contributed by atoms with Crippen molar-refractivity contribution in [1.82, 2.24) is 9.78 Å². The predicted octanol–water partition coefficient (Wildman–Crippen LogP) is 2.37. The third-order valence-electron chi connectivity index (χ3n) is 3.34. The Hall–Kier alpha value is -2.15. The standard InChI is InChI=1S/C14H17N3O3S/c1-8-10(9(2)17(3)16-8)4-6-12(18)15-13-7-5-11(21-13)14(19)20/h5,7H,4,6H2,1-3H3,(H,15,18)(H,19,20). The number of nitrogens with one attached hydrogen (secondary N) is 1. The number of aryl methyl sites for hydroxylation is 2. The van der Waals surface area contributed by atoms with Crippen LogP contribution in [0.25, 0.3) is 0 Å². The van der Waals surface area contributed by atoms with Gasteiger partial charge in [0.2, 0.25) is 5.91 Å². The molecule has 0 aliphatic rings. The van der Waals surface area contributed by atoms with Crippen LogP contribution in [0.15, 0.2) is 12.1 Å². The highest BCUT2D eigenvalue weighted by Gasteiger charge is 2.13. The van der Waals surface area contributed by atoms with E-state index in [1.54, 1.807) is 10.7 Å². The molecule has 2 rings (SSSR count). The maximum atomic E-state index is 11.9. The van der Waals surface area contributed by atoms with Crippen LogP contribution in [0.4, 0.5) is 5.00 Å². The monoisotopic (exact) mass is 307 g/mol. The minimum atomic E-state index is -0.984. The molecule has 6 nitrogen and oxygen atoms in total. The van der Waals surface area contributed by atoms with Crippen LogP contribution in [0.3, 0.4) is 0 Å². The topological polar surface area (TPSA) is 84.2 Å². The molecule has 2 aromatic heterocycles. The molecule has 1 amide bonds. The minimum Gasteiger partial charge on any atom is -0.477 e. The van der Waals surface area contributed by atoms with Gasteiger partial charge in [-0.15, -0.1) is 11.3 Å². The number of hydrogen-bond acceptors (Lipinski definition) is 4. The summed E-state index contributed by atoms with van der Waals surface area (Å²) in [6.45, 7) is 3.91. The number of carboxylic acids is 1. The Bertz CT molecular complexity index is 688. The third-order valence-corrected chi connectivity index (χ3v) is 4.33. The molecule has 0 unspecified atom stereocenters. The van der Waals surface area contributed by atoms with Crippen LogP contribution in [-0.2, 0) is 18.3 Å². The van der Waals surface area contributed by atoms with Gasteiger partial charge in [-0.25, -0.2) is 4.79 Å². The van der Waals surface area contributed by atoms with Crippen molar-refractivity contribution < 1.29 is 14.7 Å². The zero-order chi connectivity index (χ0) is 15.6. The molecule has 7 heteroatoms. The average Bonchev–Trinajstić information content (AvgIpc) is 2.95. The molecule has 0 atom stereocenters. The molecule has 0 bridgehead atoms. The molecule has 2 N–H and O–H groups in total. The van der Waals surface area contributed by atoms with Crippen molar-refractivity contribution in [2.75, 3.05) is 5.32 Å². The number of carbonyl (C=O) groups excluding carboxylic acids is 1. The van der Waals surface area contributed by atoms with Crippen molar-refractivity contribution in [2.24, 2.45) is 7.05 Å². The van der Waals surface area contributed by atoms with Crippen molar-refractivity contribution in [3.63, 3.8) is 0 Å². The second kappa shape index (κ2) is 6.09. The van der Waals surface area contributed by atoms with E-state index >= 15 is 0 Å². The average molecular weight is 307 g/mol. The van der Waals surface area contributed by atoms with Crippen molar-refractivity contribution in [2.45, 2.75) is 26.7 Å². The number of aromatic carboxylic acids is 1. The lowest BCUT2D eigenvalue weighted by Gasteiger charge is -2.03. The molecule has 0 radical (unpaired) electrons. The Labute approximate surface area is 126 Å². The number of anilines is 1. The zero-order valence-corrected chi connectivity index (χ0v) is 13.0. The highest BCUT2D eigenvalue weighted by atomic mass is 32.1. The van der Waals surface area contributed by atoms with E-state index in [0.29, 0.717) is 17.8 Å². The lowest BCUT2D eigenvalue weighted by atomic mass is 10.1. The van der Waals surface area contributed by atoms with Gasteiger partial charge in [0.05, 0.1) is 10.7 Å². The van der Waals surface area contributed by atoms with Crippen molar-refractivity contribution in [3.8, 4) is 0 Å². The van der Waals surface area contributed by atoms with Crippen molar-refractivity contribution in [1.29, 1.82) is 0 Å². The first-order chi connectivity index (χ1) is 9.88. The highest BCUT2D eigenvalue weighted by Crippen LogP contribution is 2.22. The molecule has 0 spiro atoms. The minimum absolute atomic E-state index is 0.128. The van der Waals surface area contributed by atoms with Crippen molar-refractivity contribution in [3.05, 3.63) is 34.0 Å². The van der Waals surface area contributed by atoms with E-state index in [9.17, 15) is 9.59 Å². The normalized spacial score (nSPS) is 10.6. The molecule has 2 aromatic rings. The van der Waals surface area contributed by atoms with Gasteiger partial charge in [0, 0.05) is 19.2 Å². The lowest BCUT2D eigenvalue weighted by molar-refractivity contribution is -0.116. The Balaban J connectivity index is 1.94. The quantitative estimate of drug-likeness (QED) is 0.888. The van der Waals surface area contributed by atoms with Gasteiger partial charge in [-0.3, -0.25) is 9.48 Å². The Morgan fingerprint density at radius 2 is 2.10 bits per heavy atom. The van der Waals surface area contributed by atoms with Gasteiger partial charge in [0.15, 0.2) is 0 Å². The summed E-state index contributed by atoms with van der Waals surface area (Å²) < 4.78 is 1.81. The number of carboxylic acid groups (broad SMARTS) is 1. The van der Waals surface area contributed by atoms with Gasteiger partial charge in [0.1, 0.15) is 4.88 Å². The SMILES string of the molecule is Cc1nn(C)c(C)c1CCC(=O)Nc1ccc(C(=O)O)s1. The van der Waals surface area contributed by atoms with Crippen LogP contribution >= 0.6 is 11.3 Å². The first kappa shape index (κ1) is 15.2. The molecule has 0 aliphatic carbocycles. The highest BCUT2D eigenvalue weighted by molar-refractivity contribution is 7.18. The summed E-state index contributed by atoms with van der Waals surface area (Å²) in [6.07, 6.45) is 0.960. The van der Waals surface area contributed by atoms with E-state index in [0.717, 1.165) is 28.3 Å². The van der Waals surface area contributed by atoms with Gasteiger partial charge >= 0.3 is 5.97 Å². The summed E-state index contributed by atoms with van der Waals surface area (Å²) in [6, 6.07) is 3.09. The fourth-order valence-corrected chi connectivity index (χ4v) is 2.90. The van der Waals surface area contributed by atoms with E-state index in [1.165, 1.54) is 6.07 Å². The predicted molar refractivity (Wildman–Crippen MR) is 80.9 cm³/mol. The fraction of sp³-hybridized carbons (Fsp3) is 0.357. The summed E-state index contributed by atoms with van der Waals surface area (Å²) in [5.41, 5.74) is 3.08. The van der Waals surface area contributed by atoms with Gasteiger partial charge in [-0.2, -0.15) is 5.10 Å². The van der Waals surface area contributed by atoms with Crippen LogP contribution in [0.5, 0.6) is 0 Å². The summed E-state index contributed by atoms with van der Waals surface area (Å²) in [7, 11) is 1.88. The van der Waals surface area contributed by atoms with Crippen LogP contribution in [-0.4, -0.2) is 26.8 Å². The maximum Gasteiger partial charge on any atom is 0.345 e. The molecule has 0 aromatic carbocycles. The van der Waals surface area contributed by atoms with Gasteiger partial charge in [-0.05, 0) is 38.0 Å². The van der Waals surface area contributed by atoms with Gasteiger partial charge < -0.3 is 10.4 Å². The van der Waals surface area contributed by atoms with E-state index in [1.807, 2.05) is 20.9 Å². The van der Waals surface area contributed by atoms with Crippen LogP contribution in [0.2, 0.25) is 0 Å². The number of aromatic nitrogens is 2. The fourth-order valence-electron chi connectivity index (χ4n) is 2.14. The lowest BCUT2D eigenvalue weighted by Crippen LogP contribution is -2.11. The molecule has 112 valence electrons. The molecular formula is C14H17N3O3S. The van der Waals surface area contributed by atoms with Crippen LogP contribution in [0.1, 0.15) is 33.0 Å². The summed E-state index contributed by atoms with van der Waals surface area (Å²) in [5, 5.41) is 16.4. The molecule has 21 heavy (non-hydrogen) atoms. The van der Waals surface area contributed by atoms with Crippen molar-refractivity contribution >= 4 is 28.2 Å². The largest absolute Gasteiger partial charge is 0.477 e. The number of carbonyl (C=O) groups is 2. The second-order valence-corrected chi connectivity index (χ2v) is 5.87. The Kier molecular flexibility index (Phi) is 4.42. The first-order valence-corrected chi connectivity index (χ1v) is 7.32. The second-order valence-electron chi connectivity index (χ2n) is 4.79. The first-order valence-electron chi connectivity index (χ1n) is 6.50. The number of amides is 1. The van der Waals surface area contributed by atoms with Gasteiger partial charge in [0.25, 0.3) is 0 Å². The van der Waals surface area contributed by atoms with E-state index in [-0.39, 0.29) is 10.8 Å². The number of thiophene rings is 1. The van der Waals surface area contributed by atoms with E-state index < -0.39 is 5.97 Å². The van der Waals surface area contributed by atoms with Gasteiger partial charge in [-0.1, -0.05) is 0 Å². The molecule has 0 aliphatic heterocycles. The number of hydrogen-bond donors (Lipinski definition) is 2. The third kappa shape index (κ3) is 3.49. The smallest absolute Gasteiger partial charge is 0.345 e. The summed E-state index contributed by atoms with van der Waals surface area (Å²) in [5.74, 6) is -1.11. The molecule has 2 heterocycles. The molecule has 0 saturated heterocycles. The number of nitrogens with zero attached hydrogens (tertiary/aromatic N) is 2. The van der Waals surface area contributed by atoms with E-state index in [2.05, 4.69) is 10.4 Å². The Morgan fingerprint density at radius 3 is 2.62 bits per heavy atom. The van der Waals surface area contributed by atoms with Crippen LogP contribution < -0.4 is 5.32 Å². The maximum absolute atomic E-state index is 11.9. The molecular weight excluding hydrogens is 290 g/mol. The molecule has 0 saturated carbocycles. The summed E-state index contributed by atoms with van der Waals surface area (Å²) in [4.78, 5) is 22.9. The number of rotatable bonds is 5. The van der Waals surface area contributed by atoms with E-state index in [4.69, 9.17) is 5.11 Å². The van der Waals surface area contributed by atoms with Crippen LogP contribution in [0, 0.1) is 13.8 Å². The zero-order valence-electron chi connectivity index (χ0n) is 12.1. The Morgan fingerprint density at radius 1 is 1.38 bits per heavy atom. The summed E-state index contributed by atoms with van der Waals surface area (Å²) >= 11 is 1.05. The molecule has 0 fully saturated rings.